The molecular formula is C28H56BNO3Si. The quantitative estimate of drug-likeness (QED) is 0.160. The van der Waals surface area contributed by atoms with Crippen molar-refractivity contribution < 1.29 is 14.1 Å². The van der Waals surface area contributed by atoms with Gasteiger partial charge in [0.1, 0.15) is 8.24 Å². The molecule has 0 N–H and O–H groups in total. The van der Waals surface area contributed by atoms with Crippen LogP contribution in [-0.4, -0.2) is 51.9 Å². The third kappa shape index (κ3) is 6.70. The van der Waals surface area contributed by atoms with E-state index in [4.69, 9.17) is 14.1 Å². The van der Waals surface area contributed by atoms with Gasteiger partial charge in [-0.2, -0.15) is 0 Å². The minimum atomic E-state index is -1.61. The van der Waals surface area contributed by atoms with E-state index in [0.717, 1.165) is 38.7 Å². The van der Waals surface area contributed by atoms with Crippen LogP contribution in [0.15, 0.2) is 0 Å². The summed E-state index contributed by atoms with van der Waals surface area (Å²) in [5, 5.41) is 0.696. The molecule has 34 heavy (non-hydrogen) atoms. The van der Waals surface area contributed by atoms with Crippen molar-refractivity contribution >= 4 is 15.3 Å². The highest BCUT2D eigenvalue weighted by Gasteiger charge is 2.73. The Morgan fingerprint density at radius 2 is 1.53 bits per heavy atom. The molecule has 198 valence electrons. The molecule has 0 spiro atoms. The first-order chi connectivity index (χ1) is 16.2. The average Bonchev–Trinajstić information content (AvgIpc) is 2.79. The predicted octanol–water partition coefficient (Wildman–Crippen LogP) is 8.18. The number of hydrogen-bond acceptors (Lipinski definition) is 4. The number of fused-ring (bicyclic) bond motifs is 1. The highest BCUT2D eigenvalue weighted by molar-refractivity contribution is 6.87. The molecule has 1 saturated carbocycles. The van der Waals surface area contributed by atoms with Crippen molar-refractivity contribution in [2.24, 2.45) is 0 Å². The summed E-state index contributed by atoms with van der Waals surface area (Å²) in [5.41, 5.74) is 0. The van der Waals surface area contributed by atoms with E-state index in [1.165, 1.54) is 83.5 Å². The van der Waals surface area contributed by atoms with Gasteiger partial charge < -0.3 is 18.6 Å². The fraction of sp³-hybridized carbons (Fsp3) is 1.00. The van der Waals surface area contributed by atoms with Crippen LogP contribution < -0.4 is 0 Å². The van der Waals surface area contributed by atoms with Crippen molar-refractivity contribution in [2.75, 3.05) is 19.8 Å². The van der Waals surface area contributed by atoms with Crippen molar-refractivity contribution in [3.05, 3.63) is 0 Å². The second kappa shape index (κ2) is 13.1. The predicted molar refractivity (Wildman–Crippen MR) is 148 cm³/mol. The number of ether oxygens (including phenoxy) is 2. The molecule has 0 unspecified atom stereocenters. The van der Waals surface area contributed by atoms with E-state index in [1.54, 1.807) is 0 Å². The van der Waals surface area contributed by atoms with Crippen LogP contribution in [0.2, 0.25) is 23.4 Å². The SMILES string of the molecule is CCCCCCCCCCCCOB1N([Si](C)(C)C(C)(C)C)[C@@H]2CC[C@]12CCC1OCCCO1. The summed E-state index contributed by atoms with van der Waals surface area (Å²) >= 11 is 0. The fourth-order valence-corrected chi connectivity index (χ4v) is 9.17. The van der Waals surface area contributed by atoms with Gasteiger partial charge in [-0.25, -0.2) is 0 Å². The Morgan fingerprint density at radius 1 is 0.941 bits per heavy atom. The highest BCUT2D eigenvalue weighted by atomic mass is 28.3. The molecule has 6 heteroatoms. The van der Waals surface area contributed by atoms with Gasteiger partial charge in [-0.15, -0.1) is 0 Å². The Bertz CT molecular complexity index is 593. The molecule has 0 aromatic heterocycles. The van der Waals surface area contributed by atoms with Crippen molar-refractivity contribution in [3.8, 4) is 0 Å². The van der Waals surface area contributed by atoms with Crippen molar-refractivity contribution in [3.63, 3.8) is 0 Å². The lowest BCUT2D eigenvalue weighted by Crippen LogP contribution is -2.83. The topological polar surface area (TPSA) is 30.9 Å². The minimum Gasteiger partial charge on any atom is -0.421 e. The van der Waals surface area contributed by atoms with Crippen molar-refractivity contribution in [2.45, 2.75) is 160 Å². The van der Waals surface area contributed by atoms with Gasteiger partial charge in [0.25, 0.3) is 0 Å². The molecule has 0 aromatic carbocycles. The molecule has 3 fully saturated rings. The van der Waals surface area contributed by atoms with Crippen LogP contribution in [0.25, 0.3) is 0 Å². The fourth-order valence-electron chi connectivity index (χ4n) is 6.31. The summed E-state index contributed by atoms with van der Waals surface area (Å²) in [6.07, 6.45) is 19.7. The molecule has 2 aliphatic heterocycles. The maximum absolute atomic E-state index is 6.80. The Kier molecular flexibility index (Phi) is 11.0. The van der Waals surface area contributed by atoms with Gasteiger partial charge in [0.15, 0.2) is 6.29 Å². The summed E-state index contributed by atoms with van der Waals surface area (Å²) in [6.45, 7) is 17.4. The zero-order chi connectivity index (χ0) is 24.7. The van der Waals surface area contributed by atoms with Crippen LogP contribution in [-0.2, 0) is 14.1 Å². The smallest absolute Gasteiger partial charge is 0.383 e. The molecule has 0 radical (unpaired) electrons. The Morgan fingerprint density at radius 3 is 2.06 bits per heavy atom. The summed E-state index contributed by atoms with van der Waals surface area (Å²) < 4.78 is 21.5. The van der Waals surface area contributed by atoms with Gasteiger partial charge in [0.05, 0.1) is 13.2 Å². The Hall–Kier alpha value is 0.122. The number of nitrogens with zero attached hydrogens (tertiary/aromatic N) is 1. The average molecular weight is 494 g/mol. The molecule has 2 atom stereocenters. The first-order valence-corrected chi connectivity index (χ1v) is 17.8. The largest absolute Gasteiger partial charge is 0.421 e. The number of rotatable bonds is 16. The molecule has 3 rings (SSSR count). The van der Waals surface area contributed by atoms with Crippen LogP contribution in [0.1, 0.15) is 124 Å². The highest BCUT2D eigenvalue weighted by Crippen LogP contribution is 2.68. The lowest BCUT2D eigenvalue weighted by molar-refractivity contribution is -0.184. The van der Waals surface area contributed by atoms with Crippen LogP contribution >= 0.6 is 0 Å². The van der Waals surface area contributed by atoms with E-state index in [1.807, 2.05) is 0 Å². The lowest BCUT2D eigenvalue weighted by atomic mass is 9.32. The normalized spacial score (nSPS) is 26.3. The van der Waals surface area contributed by atoms with E-state index in [0.29, 0.717) is 17.4 Å². The zero-order valence-electron chi connectivity index (χ0n) is 23.6. The van der Waals surface area contributed by atoms with Gasteiger partial charge in [-0.1, -0.05) is 98.6 Å². The van der Waals surface area contributed by atoms with E-state index >= 15 is 0 Å². The van der Waals surface area contributed by atoms with Gasteiger partial charge in [0.2, 0.25) is 0 Å². The van der Waals surface area contributed by atoms with E-state index in [2.05, 4.69) is 45.3 Å². The molecule has 2 heterocycles. The summed E-state index contributed by atoms with van der Waals surface area (Å²) in [4.78, 5) is 0. The lowest BCUT2D eigenvalue weighted by Gasteiger charge is -2.73. The van der Waals surface area contributed by atoms with Gasteiger partial charge in [0, 0.05) is 11.9 Å². The van der Waals surface area contributed by atoms with Crippen LogP contribution in [0, 0.1) is 0 Å². The zero-order valence-corrected chi connectivity index (χ0v) is 24.6. The first kappa shape index (κ1) is 28.7. The number of unbranched alkanes of at least 4 members (excludes halogenated alkanes) is 9. The Balaban J connectivity index is 1.46. The summed E-state index contributed by atoms with van der Waals surface area (Å²) in [6, 6.07) is 0.717. The molecule has 3 aliphatic rings. The molecule has 4 nitrogen and oxygen atoms in total. The van der Waals surface area contributed by atoms with Crippen LogP contribution in [0.5, 0.6) is 0 Å². The maximum atomic E-state index is 6.80. The summed E-state index contributed by atoms with van der Waals surface area (Å²) in [7, 11) is -1.29. The van der Waals surface area contributed by atoms with Crippen LogP contribution in [0.3, 0.4) is 0 Å². The van der Waals surface area contributed by atoms with Gasteiger partial charge in [-0.05, 0) is 49.6 Å². The van der Waals surface area contributed by atoms with E-state index in [9.17, 15) is 0 Å². The van der Waals surface area contributed by atoms with Gasteiger partial charge >= 0.3 is 7.05 Å². The molecule has 0 bridgehead atoms. The second-order valence-corrected chi connectivity index (χ2v) is 18.1. The van der Waals surface area contributed by atoms with E-state index in [-0.39, 0.29) is 6.29 Å². The molecule has 0 aromatic rings. The van der Waals surface area contributed by atoms with Crippen molar-refractivity contribution in [1.29, 1.82) is 0 Å². The molecule has 2 saturated heterocycles. The molecular weight excluding hydrogens is 437 g/mol. The molecule has 1 aliphatic carbocycles. The van der Waals surface area contributed by atoms with E-state index < -0.39 is 8.24 Å². The standard InChI is InChI=1S/C28H56BNO3Si/c1-7-8-9-10-11-12-13-14-15-16-24-33-29-28(21-19-26-31-22-17-23-32-26)20-18-25(28)30(29)34(5,6)27(2,3)4/h25-26H,7-24H2,1-6H3/t25-,28-/m1/s1. The molecule has 0 amide bonds. The Labute approximate surface area is 213 Å². The van der Waals surface area contributed by atoms with Crippen molar-refractivity contribution in [1.82, 2.24) is 4.48 Å². The van der Waals surface area contributed by atoms with Gasteiger partial charge in [-0.3, -0.25) is 0 Å². The van der Waals surface area contributed by atoms with Crippen LogP contribution in [0.4, 0.5) is 0 Å². The maximum Gasteiger partial charge on any atom is 0.383 e. The third-order valence-electron chi connectivity index (χ3n) is 9.62. The monoisotopic (exact) mass is 493 g/mol. The summed E-state index contributed by atoms with van der Waals surface area (Å²) in [5.74, 6) is 0. The first-order valence-electron chi connectivity index (χ1n) is 14.9. The second-order valence-electron chi connectivity index (χ2n) is 13.0. The third-order valence-corrected chi connectivity index (χ3v) is 15.1. The number of hydrogen-bond donors (Lipinski definition) is 0. The minimum absolute atomic E-state index is 0.00826.